The van der Waals surface area contributed by atoms with Crippen LogP contribution in [-0.2, 0) is 9.59 Å². The smallest absolute Gasteiger partial charge is 0.490 e. The maximum Gasteiger partial charge on any atom is 0.490 e. The molecule has 17 heteroatoms. The van der Waals surface area contributed by atoms with E-state index in [1.54, 1.807) is 61.6 Å². The number of nitrogens with zero attached hydrogens (tertiary/aromatic N) is 2. The number of nitrogens with two attached hydrogens (primary N) is 1. The number of halogens is 4. The standard InChI is InChI=1S/C25H28FN7O4.C2HF3O2/c1-33(2)23-16(6-5-11-29-23)24(34)31-32-25(35)21(30-15-9-7-14(8-10-15)22(27)28)17-12-19(36-3)20(37-4)13-18(17)26;3-2(4,5)1(6)7/h5-13,21,30H,1-4H3,(H3,27,28)(H,31,34)(H,32,35);(H,6,7). The lowest BCUT2D eigenvalue weighted by Crippen LogP contribution is -2.46. The molecule has 3 rings (SSSR count). The van der Waals surface area contributed by atoms with Gasteiger partial charge in [-0.25, -0.2) is 14.2 Å². The first-order valence-corrected chi connectivity index (χ1v) is 12.3. The summed E-state index contributed by atoms with van der Waals surface area (Å²) in [5.74, 6) is -4.22. The molecule has 1 atom stereocenters. The van der Waals surface area contributed by atoms with Crippen LogP contribution in [0.4, 0.5) is 29.1 Å². The zero-order chi connectivity index (χ0) is 33.2. The van der Waals surface area contributed by atoms with Gasteiger partial charge in [0.25, 0.3) is 11.8 Å². The molecule has 0 aliphatic carbocycles. The van der Waals surface area contributed by atoms with Crippen LogP contribution in [0.1, 0.15) is 27.5 Å². The molecule has 1 unspecified atom stereocenters. The second-order valence-corrected chi connectivity index (χ2v) is 8.81. The van der Waals surface area contributed by atoms with Crippen molar-refractivity contribution in [2.24, 2.45) is 5.73 Å². The molecule has 7 N–H and O–H groups in total. The lowest BCUT2D eigenvalue weighted by molar-refractivity contribution is -0.192. The van der Waals surface area contributed by atoms with Crippen LogP contribution < -0.4 is 36.3 Å². The zero-order valence-electron chi connectivity index (χ0n) is 23.7. The fourth-order valence-electron chi connectivity index (χ4n) is 3.48. The van der Waals surface area contributed by atoms with Crippen molar-refractivity contribution < 1.29 is 46.5 Å². The molecule has 1 aromatic heterocycles. The van der Waals surface area contributed by atoms with Gasteiger partial charge in [-0.1, -0.05) is 0 Å². The maximum absolute atomic E-state index is 15.1. The van der Waals surface area contributed by atoms with Gasteiger partial charge in [0.15, 0.2) is 11.5 Å². The van der Waals surface area contributed by atoms with E-state index in [2.05, 4.69) is 21.2 Å². The number of rotatable bonds is 9. The van der Waals surface area contributed by atoms with E-state index < -0.39 is 35.8 Å². The number of nitrogens with one attached hydrogen (secondary N) is 4. The van der Waals surface area contributed by atoms with E-state index in [9.17, 15) is 22.8 Å². The summed E-state index contributed by atoms with van der Waals surface area (Å²) in [7, 11) is 6.22. The minimum atomic E-state index is -5.08. The monoisotopic (exact) mass is 623 g/mol. The number of carboxylic acids is 1. The number of nitrogen functional groups attached to an aromatic ring is 1. The van der Waals surface area contributed by atoms with Crippen molar-refractivity contribution in [2.45, 2.75) is 12.2 Å². The summed E-state index contributed by atoms with van der Waals surface area (Å²) in [6.07, 6.45) is -3.54. The molecule has 0 saturated carbocycles. The van der Waals surface area contributed by atoms with E-state index in [0.29, 0.717) is 17.1 Å². The Morgan fingerprint density at radius 1 is 1.02 bits per heavy atom. The summed E-state index contributed by atoms with van der Waals surface area (Å²) in [5, 5.41) is 17.6. The molecule has 13 nitrogen and oxygen atoms in total. The number of hydrogen-bond donors (Lipinski definition) is 6. The number of aromatic nitrogens is 1. The number of methoxy groups -OCH3 is 2. The van der Waals surface area contributed by atoms with Crippen LogP contribution in [0, 0.1) is 11.2 Å². The molecule has 0 radical (unpaired) electrons. The molecule has 3 aromatic rings. The van der Waals surface area contributed by atoms with Gasteiger partial charge in [-0.05, 0) is 42.5 Å². The SMILES string of the molecule is COc1cc(F)c(C(Nc2ccc(C(=N)N)cc2)C(=O)NNC(=O)c2cccnc2N(C)C)cc1OC.O=C(O)C(F)(F)F. The summed E-state index contributed by atoms with van der Waals surface area (Å²) >= 11 is 0. The predicted octanol–water partition coefficient (Wildman–Crippen LogP) is 2.84. The van der Waals surface area contributed by atoms with Gasteiger partial charge in [-0.3, -0.25) is 25.8 Å². The number of amidine groups is 1. The molecule has 0 spiro atoms. The third-order valence-corrected chi connectivity index (χ3v) is 5.58. The highest BCUT2D eigenvalue weighted by molar-refractivity contribution is 6.00. The molecule has 0 aliphatic heterocycles. The summed E-state index contributed by atoms with van der Waals surface area (Å²) in [6.45, 7) is 0. The normalized spacial score (nSPS) is 11.2. The third kappa shape index (κ3) is 9.20. The minimum Gasteiger partial charge on any atom is -0.493 e. The van der Waals surface area contributed by atoms with E-state index in [1.165, 1.54) is 20.3 Å². The van der Waals surface area contributed by atoms with E-state index in [4.69, 9.17) is 30.5 Å². The van der Waals surface area contributed by atoms with Crippen LogP contribution >= 0.6 is 0 Å². The number of carbonyl (C=O) groups excluding carboxylic acids is 2. The van der Waals surface area contributed by atoms with Crippen molar-refractivity contribution in [3.05, 3.63) is 77.2 Å². The van der Waals surface area contributed by atoms with E-state index >= 15 is 4.39 Å². The van der Waals surface area contributed by atoms with Crippen molar-refractivity contribution in [1.82, 2.24) is 15.8 Å². The lowest BCUT2D eigenvalue weighted by atomic mass is 10.0. The highest BCUT2D eigenvalue weighted by atomic mass is 19.4. The van der Waals surface area contributed by atoms with Gasteiger partial charge < -0.3 is 30.5 Å². The second kappa shape index (κ2) is 15.0. The lowest BCUT2D eigenvalue weighted by Gasteiger charge is -2.22. The number of hydrogen-bond acceptors (Lipinski definition) is 9. The number of alkyl halides is 3. The number of benzene rings is 2. The van der Waals surface area contributed by atoms with E-state index in [1.807, 2.05) is 0 Å². The van der Waals surface area contributed by atoms with Gasteiger partial charge >= 0.3 is 12.1 Å². The van der Waals surface area contributed by atoms with Gasteiger partial charge in [-0.2, -0.15) is 13.2 Å². The summed E-state index contributed by atoms with van der Waals surface area (Å²) < 4.78 is 57.3. The minimum absolute atomic E-state index is 0.0598. The Morgan fingerprint density at radius 2 is 1.59 bits per heavy atom. The third-order valence-electron chi connectivity index (χ3n) is 5.58. The van der Waals surface area contributed by atoms with Crippen LogP contribution in [0.3, 0.4) is 0 Å². The van der Waals surface area contributed by atoms with Crippen molar-refractivity contribution in [1.29, 1.82) is 5.41 Å². The quantitative estimate of drug-likeness (QED) is 0.0894. The Labute approximate surface area is 248 Å². The predicted molar refractivity (Wildman–Crippen MR) is 151 cm³/mol. The van der Waals surface area contributed by atoms with Crippen LogP contribution in [0.5, 0.6) is 11.5 Å². The second-order valence-electron chi connectivity index (χ2n) is 8.81. The number of carbonyl (C=O) groups is 3. The molecular formula is C27H29F4N7O6. The molecule has 0 fully saturated rings. The fraction of sp³-hybridized carbons (Fsp3) is 0.222. The molecule has 2 aromatic carbocycles. The highest BCUT2D eigenvalue weighted by Crippen LogP contribution is 2.34. The fourth-order valence-corrected chi connectivity index (χ4v) is 3.48. The molecule has 0 bridgehead atoms. The molecule has 236 valence electrons. The molecular weight excluding hydrogens is 594 g/mol. The molecule has 2 amide bonds. The first kappa shape index (κ1) is 34.6. The molecule has 44 heavy (non-hydrogen) atoms. The van der Waals surface area contributed by atoms with Crippen LogP contribution in [-0.4, -0.2) is 68.2 Å². The van der Waals surface area contributed by atoms with Crippen LogP contribution in [0.15, 0.2) is 54.7 Å². The first-order valence-electron chi connectivity index (χ1n) is 12.3. The number of aliphatic carboxylic acids is 1. The number of amides is 2. The largest absolute Gasteiger partial charge is 0.493 e. The van der Waals surface area contributed by atoms with Crippen molar-refractivity contribution >= 4 is 35.1 Å². The number of ether oxygens (including phenoxy) is 2. The van der Waals surface area contributed by atoms with Crippen LogP contribution in [0.25, 0.3) is 0 Å². The van der Waals surface area contributed by atoms with Crippen LogP contribution in [0.2, 0.25) is 0 Å². The molecule has 0 saturated heterocycles. The first-order chi connectivity index (χ1) is 20.6. The molecule has 0 aliphatic rings. The average molecular weight is 624 g/mol. The summed E-state index contributed by atoms with van der Waals surface area (Å²) in [5.41, 5.74) is 11.3. The highest BCUT2D eigenvalue weighted by Gasteiger charge is 2.38. The van der Waals surface area contributed by atoms with Gasteiger partial charge in [0.2, 0.25) is 0 Å². The van der Waals surface area contributed by atoms with Gasteiger partial charge in [0, 0.05) is 43.2 Å². The van der Waals surface area contributed by atoms with Crippen molar-refractivity contribution in [2.75, 3.05) is 38.5 Å². The Balaban J connectivity index is 0.000000860. The average Bonchev–Trinajstić information content (AvgIpc) is 2.98. The number of carboxylic acid groups (broad SMARTS) is 1. The Morgan fingerprint density at radius 3 is 2.09 bits per heavy atom. The topological polar surface area (TPSA) is 192 Å². The Bertz CT molecular complexity index is 1500. The summed E-state index contributed by atoms with van der Waals surface area (Å²) in [4.78, 5) is 40.8. The van der Waals surface area contributed by atoms with Crippen molar-refractivity contribution in [3.63, 3.8) is 0 Å². The van der Waals surface area contributed by atoms with Crippen molar-refractivity contribution in [3.8, 4) is 11.5 Å². The van der Waals surface area contributed by atoms with Gasteiger partial charge in [-0.15, -0.1) is 0 Å². The number of anilines is 2. The van der Waals surface area contributed by atoms with Gasteiger partial charge in [0.05, 0.1) is 19.8 Å². The number of hydrazine groups is 1. The zero-order valence-corrected chi connectivity index (χ0v) is 23.7. The summed E-state index contributed by atoms with van der Waals surface area (Å²) in [6, 6.07) is 10.6. The maximum atomic E-state index is 15.1. The van der Waals surface area contributed by atoms with E-state index in [0.717, 1.165) is 6.07 Å². The number of pyridine rings is 1. The Hall–Kier alpha value is -5.61. The van der Waals surface area contributed by atoms with Gasteiger partial charge in [0.1, 0.15) is 23.5 Å². The molecule has 1 heterocycles. The van der Waals surface area contributed by atoms with E-state index in [-0.39, 0.29) is 28.5 Å². The Kier molecular flexibility index (Phi) is 11.8.